The Morgan fingerprint density at radius 1 is 1.27 bits per heavy atom. The van der Waals surface area contributed by atoms with Crippen molar-refractivity contribution in [3.63, 3.8) is 0 Å². The van der Waals surface area contributed by atoms with Gasteiger partial charge in [0.15, 0.2) is 5.96 Å². The maximum absolute atomic E-state index is 12.0. The zero-order valence-corrected chi connectivity index (χ0v) is 19.8. The molecule has 0 aliphatic rings. The van der Waals surface area contributed by atoms with Gasteiger partial charge in [-0.25, -0.2) is 4.98 Å². The average molecular weight is 495 g/mol. The third-order valence-corrected chi connectivity index (χ3v) is 4.99. The van der Waals surface area contributed by atoms with E-state index in [4.69, 9.17) is 0 Å². The van der Waals surface area contributed by atoms with E-state index in [2.05, 4.69) is 39.8 Å². The fourth-order valence-corrected chi connectivity index (χ4v) is 3.22. The number of nitrogens with one attached hydrogen (secondary N) is 2. The van der Waals surface area contributed by atoms with Crippen LogP contribution in [0.15, 0.2) is 10.4 Å². The number of carbonyl (C=O) groups excluding carboxylic acids is 1. The van der Waals surface area contributed by atoms with Crippen molar-refractivity contribution < 1.29 is 4.79 Å². The normalized spacial score (nSPS) is 11.2. The van der Waals surface area contributed by atoms with Crippen LogP contribution in [-0.2, 0) is 11.2 Å². The van der Waals surface area contributed by atoms with Crippen LogP contribution in [0.3, 0.4) is 0 Å². The molecule has 2 N–H and O–H groups in total. The van der Waals surface area contributed by atoms with Gasteiger partial charge < -0.3 is 15.5 Å². The zero-order chi connectivity index (χ0) is 18.7. The van der Waals surface area contributed by atoms with Crippen molar-refractivity contribution in [3.05, 3.63) is 16.1 Å². The number of halogens is 1. The molecule has 0 aliphatic heterocycles. The Bertz CT molecular complexity index is 543. The minimum absolute atomic E-state index is 0. The summed E-state index contributed by atoms with van der Waals surface area (Å²) in [5.74, 6) is 1.40. The van der Waals surface area contributed by atoms with Crippen molar-refractivity contribution in [2.45, 2.75) is 53.4 Å². The number of amides is 1. The molecule has 1 aromatic heterocycles. The highest BCUT2D eigenvalue weighted by molar-refractivity contribution is 14.0. The topological polar surface area (TPSA) is 69.6 Å². The van der Waals surface area contributed by atoms with E-state index in [1.54, 1.807) is 11.3 Å². The molecule has 150 valence electrons. The second-order valence-electron chi connectivity index (χ2n) is 6.09. The monoisotopic (exact) mass is 495 g/mol. The van der Waals surface area contributed by atoms with Gasteiger partial charge in [0.25, 0.3) is 0 Å². The molecule has 0 radical (unpaired) electrons. The Morgan fingerprint density at radius 2 is 1.96 bits per heavy atom. The van der Waals surface area contributed by atoms with Crippen molar-refractivity contribution in [1.82, 2.24) is 20.5 Å². The molecule has 0 atom stereocenters. The van der Waals surface area contributed by atoms with Gasteiger partial charge in [-0.1, -0.05) is 13.8 Å². The summed E-state index contributed by atoms with van der Waals surface area (Å²) in [6, 6.07) is 0. The fourth-order valence-electron chi connectivity index (χ4n) is 2.35. The Balaban J connectivity index is 0.00000625. The molecule has 0 fully saturated rings. The third kappa shape index (κ3) is 9.16. The highest BCUT2D eigenvalue weighted by Crippen LogP contribution is 2.19. The summed E-state index contributed by atoms with van der Waals surface area (Å²) in [4.78, 5) is 23.0. The first-order chi connectivity index (χ1) is 12.0. The smallest absolute Gasteiger partial charge is 0.224 e. The first-order valence-electron chi connectivity index (χ1n) is 9.25. The van der Waals surface area contributed by atoms with Crippen molar-refractivity contribution in [3.8, 4) is 0 Å². The van der Waals surface area contributed by atoms with Crippen molar-refractivity contribution >= 4 is 47.2 Å². The van der Waals surface area contributed by atoms with E-state index in [-0.39, 0.29) is 29.9 Å². The predicted molar refractivity (Wildman–Crippen MR) is 122 cm³/mol. The van der Waals surface area contributed by atoms with Crippen LogP contribution in [0, 0.1) is 0 Å². The predicted octanol–water partition coefficient (Wildman–Crippen LogP) is 3.24. The SMILES string of the molecule is CCNC(=NCCC(=O)N(CC)CC)NCCc1csc(C(C)C)n1.I. The second-order valence-corrected chi connectivity index (χ2v) is 6.97. The molecule has 0 bridgehead atoms. The number of hydrogen-bond acceptors (Lipinski definition) is 4. The van der Waals surface area contributed by atoms with Crippen LogP contribution in [0.2, 0.25) is 0 Å². The molecule has 0 unspecified atom stereocenters. The minimum Gasteiger partial charge on any atom is -0.357 e. The van der Waals surface area contributed by atoms with Crippen molar-refractivity contribution in [2.24, 2.45) is 4.99 Å². The summed E-state index contributed by atoms with van der Waals surface area (Å²) < 4.78 is 0. The lowest BCUT2D eigenvalue weighted by molar-refractivity contribution is -0.130. The number of hydrogen-bond donors (Lipinski definition) is 2. The van der Waals surface area contributed by atoms with Crippen LogP contribution < -0.4 is 10.6 Å². The molecular formula is C18H34IN5OS. The molecule has 0 aromatic carbocycles. The average Bonchev–Trinajstić information content (AvgIpc) is 3.05. The molecular weight excluding hydrogens is 461 g/mol. The maximum Gasteiger partial charge on any atom is 0.224 e. The van der Waals surface area contributed by atoms with Crippen LogP contribution in [-0.4, -0.2) is 54.5 Å². The number of carbonyl (C=O) groups is 1. The van der Waals surface area contributed by atoms with Crippen molar-refractivity contribution in [1.29, 1.82) is 0 Å². The van der Waals surface area contributed by atoms with Gasteiger partial charge in [0.05, 0.1) is 17.2 Å². The minimum atomic E-state index is 0. The number of aromatic nitrogens is 1. The Labute approximate surface area is 179 Å². The number of thiazole rings is 1. The third-order valence-electron chi connectivity index (χ3n) is 3.79. The molecule has 6 nitrogen and oxygen atoms in total. The number of aliphatic imine (C=N–C) groups is 1. The molecule has 26 heavy (non-hydrogen) atoms. The van der Waals surface area contributed by atoms with E-state index < -0.39 is 0 Å². The van der Waals surface area contributed by atoms with Crippen LogP contribution in [0.5, 0.6) is 0 Å². The van der Waals surface area contributed by atoms with Gasteiger partial charge in [0.2, 0.25) is 5.91 Å². The first kappa shape index (κ1) is 25.1. The molecule has 1 amide bonds. The number of guanidine groups is 1. The van der Waals surface area contributed by atoms with Gasteiger partial charge in [-0.05, 0) is 20.8 Å². The van der Waals surface area contributed by atoms with Gasteiger partial charge in [-0.3, -0.25) is 9.79 Å². The van der Waals surface area contributed by atoms with E-state index in [1.807, 2.05) is 25.7 Å². The number of rotatable bonds is 10. The summed E-state index contributed by atoms with van der Waals surface area (Å²) >= 11 is 1.72. The fraction of sp³-hybridized carbons (Fsp3) is 0.722. The zero-order valence-electron chi connectivity index (χ0n) is 16.7. The Kier molecular flexibility index (Phi) is 13.7. The van der Waals surface area contributed by atoms with E-state index in [1.165, 1.54) is 5.01 Å². The van der Waals surface area contributed by atoms with E-state index in [0.717, 1.165) is 44.3 Å². The molecule has 8 heteroatoms. The standard InChI is InChI=1S/C18H33N5OS.HI/c1-6-19-18(21-12-10-16(24)23(7-2)8-3)20-11-9-15-13-25-17(22-15)14(4)5;/h13-14H,6-12H2,1-5H3,(H2,19,20,21);1H. The van der Waals surface area contributed by atoms with Gasteiger partial charge in [-0.15, -0.1) is 35.3 Å². The highest BCUT2D eigenvalue weighted by Gasteiger charge is 2.09. The molecule has 0 aliphatic carbocycles. The van der Waals surface area contributed by atoms with E-state index in [9.17, 15) is 4.79 Å². The largest absolute Gasteiger partial charge is 0.357 e. The molecule has 0 saturated heterocycles. The summed E-state index contributed by atoms with van der Waals surface area (Å²) in [7, 11) is 0. The van der Waals surface area contributed by atoms with Gasteiger partial charge in [0, 0.05) is 50.3 Å². The maximum atomic E-state index is 12.0. The lowest BCUT2D eigenvalue weighted by Crippen LogP contribution is -2.38. The Morgan fingerprint density at radius 3 is 2.50 bits per heavy atom. The van der Waals surface area contributed by atoms with Crippen LogP contribution in [0.4, 0.5) is 0 Å². The van der Waals surface area contributed by atoms with E-state index in [0.29, 0.717) is 18.9 Å². The summed E-state index contributed by atoms with van der Waals surface area (Å²) in [5.41, 5.74) is 1.12. The van der Waals surface area contributed by atoms with Gasteiger partial charge >= 0.3 is 0 Å². The summed E-state index contributed by atoms with van der Waals surface area (Å²) in [6.45, 7) is 13.9. The molecule has 1 rings (SSSR count). The Hall–Kier alpha value is -0.900. The molecule has 0 saturated carbocycles. The van der Waals surface area contributed by atoms with Crippen LogP contribution >= 0.6 is 35.3 Å². The molecule has 0 spiro atoms. The number of nitrogens with zero attached hydrogens (tertiary/aromatic N) is 3. The first-order valence-corrected chi connectivity index (χ1v) is 10.1. The van der Waals surface area contributed by atoms with Gasteiger partial charge in [-0.2, -0.15) is 0 Å². The lowest BCUT2D eigenvalue weighted by Gasteiger charge is -2.18. The van der Waals surface area contributed by atoms with Gasteiger partial charge in [0.1, 0.15) is 0 Å². The quantitative estimate of drug-likeness (QED) is 0.297. The summed E-state index contributed by atoms with van der Waals surface area (Å²) in [6.07, 6.45) is 1.31. The van der Waals surface area contributed by atoms with Crippen molar-refractivity contribution in [2.75, 3.05) is 32.7 Å². The van der Waals surface area contributed by atoms with Crippen LogP contribution in [0.25, 0.3) is 0 Å². The van der Waals surface area contributed by atoms with E-state index >= 15 is 0 Å². The second kappa shape index (κ2) is 14.2. The molecule has 1 aromatic rings. The van der Waals surface area contributed by atoms with Crippen LogP contribution in [0.1, 0.15) is 57.7 Å². The molecule has 1 heterocycles. The summed E-state index contributed by atoms with van der Waals surface area (Å²) in [5, 5.41) is 9.85. The lowest BCUT2D eigenvalue weighted by atomic mass is 10.2. The highest BCUT2D eigenvalue weighted by atomic mass is 127.